The fraction of sp³-hybridized carbons (Fsp3) is 0.571. The van der Waals surface area contributed by atoms with Gasteiger partial charge in [0.25, 0.3) is 0 Å². The van der Waals surface area contributed by atoms with Gasteiger partial charge in [-0.1, -0.05) is 28.1 Å². The Morgan fingerprint density at radius 1 is 1.12 bits per heavy atom. The molecule has 1 rings (SSSR count). The fourth-order valence-corrected chi connectivity index (χ4v) is 1.89. The van der Waals surface area contributed by atoms with E-state index in [2.05, 4.69) is 59.2 Å². The Bertz CT molecular complexity index is 298. The Labute approximate surface area is 113 Å². The first kappa shape index (κ1) is 14.5. The molecule has 0 aliphatic heterocycles. The molecular formula is C14H22BrNO. The molecule has 0 saturated carbocycles. The molecule has 17 heavy (non-hydrogen) atoms. The maximum Gasteiger partial charge on any atom is 0.119 e. The van der Waals surface area contributed by atoms with E-state index in [4.69, 9.17) is 4.74 Å². The van der Waals surface area contributed by atoms with Crippen molar-refractivity contribution in [2.24, 2.45) is 0 Å². The van der Waals surface area contributed by atoms with Crippen LogP contribution in [0, 0.1) is 0 Å². The second kappa shape index (κ2) is 8.54. The van der Waals surface area contributed by atoms with Crippen molar-refractivity contribution in [3.05, 3.63) is 29.8 Å². The molecule has 0 amide bonds. The van der Waals surface area contributed by atoms with Crippen LogP contribution in [-0.2, 0) is 6.42 Å². The Balaban J connectivity index is 2.29. The maximum absolute atomic E-state index is 5.66. The van der Waals surface area contributed by atoms with Crippen molar-refractivity contribution in [2.75, 3.05) is 32.6 Å². The predicted octanol–water partition coefficient (Wildman–Crippen LogP) is 3.34. The van der Waals surface area contributed by atoms with Crippen LogP contribution in [0.1, 0.15) is 18.4 Å². The van der Waals surface area contributed by atoms with Gasteiger partial charge in [0.15, 0.2) is 0 Å². The molecule has 0 atom stereocenters. The standard InChI is InChI=1S/C14H22BrNO/c1-16(2)11-9-13-5-7-14(8-6-13)17-12-4-3-10-15/h5-8H,3-4,9-12H2,1-2H3. The van der Waals surface area contributed by atoms with E-state index in [1.807, 2.05) is 0 Å². The van der Waals surface area contributed by atoms with Crippen molar-refractivity contribution in [1.82, 2.24) is 4.90 Å². The zero-order valence-corrected chi connectivity index (χ0v) is 12.4. The van der Waals surface area contributed by atoms with E-state index in [-0.39, 0.29) is 0 Å². The fourth-order valence-electron chi connectivity index (χ4n) is 1.49. The van der Waals surface area contributed by atoms with E-state index < -0.39 is 0 Å². The molecule has 1 aromatic carbocycles. The molecule has 0 fully saturated rings. The summed E-state index contributed by atoms with van der Waals surface area (Å²) in [6.07, 6.45) is 3.37. The normalized spacial score (nSPS) is 10.8. The topological polar surface area (TPSA) is 12.5 Å². The summed E-state index contributed by atoms with van der Waals surface area (Å²) in [4.78, 5) is 2.20. The molecule has 0 bridgehead atoms. The number of nitrogens with zero attached hydrogens (tertiary/aromatic N) is 1. The van der Waals surface area contributed by atoms with Gasteiger partial charge in [-0.15, -0.1) is 0 Å². The monoisotopic (exact) mass is 299 g/mol. The molecule has 0 aliphatic rings. The highest BCUT2D eigenvalue weighted by Crippen LogP contribution is 2.13. The van der Waals surface area contributed by atoms with Crippen LogP contribution >= 0.6 is 15.9 Å². The molecule has 0 N–H and O–H groups in total. The van der Waals surface area contributed by atoms with E-state index in [9.17, 15) is 0 Å². The molecule has 2 nitrogen and oxygen atoms in total. The third kappa shape index (κ3) is 6.69. The second-order valence-electron chi connectivity index (χ2n) is 4.44. The van der Waals surface area contributed by atoms with Gasteiger partial charge in [-0.2, -0.15) is 0 Å². The minimum atomic E-state index is 0.808. The van der Waals surface area contributed by atoms with Crippen molar-refractivity contribution >= 4 is 15.9 Å². The van der Waals surface area contributed by atoms with Crippen LogP contribution in [0.2, 0.25) is 0 Å². The molecule has 0 saturated heterocycles. The molecule has 3 heteroatoms. The van der Waals surface area contributed by atoms with Gasteiger partial charge in [-0.05, 0) is 51.1 Å². The first-order valence-corrected chi connectivity index (χ1v) is 7.27. The van der Waals surface area contributed by atoms with Crippen molar-refractivity contribution in [3.8, 4) is 5.75 Å². The van der Waals surface area contributed by atoms with Crippen molar-refractivity contribution in [2.45, 2.75) is 19.3 Å². The van der Waals surface area contributed by atoms with E-state index in [0.29, 0.717) is 0 Å². The summed E-state index contributed by atoms with van der Waals surface area (Å²) in [5.41, 5.74) is 1.37. The van der Waals surface area contributed by atoms with E-state index in [0.717, 1.165) is 37.1 Å². The Morgan fingerprint density at radius 3 is 2.41 bits per heavy atom. The summed E-state index contributed by atoms with van der Waals surface area (Å²) < 4.78 is 5.66. The lowest BCUT2D eigenvalue weighted by molar-refractivity contribution is 0.310. The highest BCUT2D eigenvalue weighted by molar-refractivity contribution is 9.09. The number of alkyl halides is 1. The van der Waals surface area contributed by atoms with Gasteiger partial charge >= 0.3 is 0 Å². The summed E-state index contributed by atoms with van der Waals surface area (Å²) in [5.74, 6) is 0.980. The van der Waals surface area contributed by atoms with Crippen LogP contribution in [0.15, 0.2) is 24.3 Å². The number of benzene rings is 1. The Kier molecular flexibility index (Phi) is 7.29. The summed E-state index contributed by atoms with van der Waals surface area (Å²) in [6, 6.07) is 8.45. The first-order chi connectivity index (χ1) is 8.22. The van der Waals surface area contributed by atoms with Gasteiger partial charge < -0.3 is 9.64 Å². The lowest BCUT2D eigenvalue weighted by Gasteiger charge is -2.10. The van der Waals surface area contributed by atoms with Gasteiger partial charge in [0.1, 0.15) is 5.75 Å². The van der Waals surface area contributed by atoms with Crippen LogP contribution in [0.5, 0.6) is 5.75 Å². The van der Waals surface area contributed by atoms with Crippen LogP contribution in [-0.4, -0.2) is 37.5 Å². The number of rotatable bonds is 8. The molecule has 0 heterocycles. The van der Waals surface area contributed by atoms with Crippen molar-refractivity contribution in [1.29, 1.82) is 0 Å². The third-order valence-electron chi connectivity index (χ3n) is 2.57. The van der Waals surface area contributed by atoms with E-state index in [1.54, 1.807) is 0 Å². The van der Waals surface area contributed by atoms with Gasteiger partial charge in [-0.25, -0.2) is 0 Å². The predicted molar refractivity (Wildman–Crippen MR) is 77.2 cm³/mol. The number of likely N-dealkylation sites (N-methyl/N-ethyl adjacent to an activating group) is 1. The largest absolute Gasteiger partial charge is 0.494 e. The van der Waals surface area contributed by atoms with Crippen molar-refractivity contribution in [3.63, 3.8) is 0 Å². The van der Waals surface area contributed by atoms with Crippen LogP contribution in [0.4, 0.5) is 0 Å². The molecule has 0 unspecified atom stereocenters. The maximum atomic E-state index is 5.66. The van der Waals surface area contributed by atoms with Gasteiger partial charge in [0.05, 0.1) is 6.61 Å². The highest BCUT2D eigenvalue weighted by atomic mass is 79.9. The number of hydrogen-bond donors (Lipinski definition) is 0. The minimum absolute atomic E-state index is 0.808. The number of halogens is 1. The van der Waals surface area contributed by atoms with Crippen LogP contribution < -0.4 is 4.74 Å². The minimum Gasteiger partial charge on any atom is -0.494 e. The summed E-state index contributed by atoms with van der Waals surface area (Å²) in [7, 11) is 4.20. The zero-order valence-electron chi connectivity index (χ0n) is 10.8. The van der Waals surface area contributed by atoms with E-state index in [1.165, 1.54) is 12.0 Å². The summed E-state index contributed by atoms with van der Waals surface area (Å²) in [6.45, 7) is 1.90. The first-order valence-electron chi connectivity index (χ1n) is 6.15. The molecule has 96 valence electrons. The van der Waals surface area contributed by atoms with Gasteiger partial charge in [-0.3, -0.25) is 0 Å². The third-order valence-corrected chi connectivity index (χ3v) is 3.13. The average Bonchev–Trinajstić information content (AvgIpc) is 2.33. The number of hydrogen-bond acceptors (Lipinski definition) is 2. The molecular weight excluding hydrogens is 278 g/mol. The van der Waals surface area contributed by atoms with Crippen LogP contribution in [0.3, 0.4) is 0 Å². The van der Waals surface area contributed by atoms with Gasteiger partial charge in [0.2, 0.25) is 0 Å². The second-order valence-corrected chi connectivity index (χ2v) is 5.23. The lowest BCUT2D eigenvalue weighted by Crippen LogP contribution is -2.14. The SMILES string of the molecule is CN(C)CCc1ccc(OCCCCBr)cc1. The molecule has 0 radical (unpaired) electrons. The summed E-state index contributed by atoms with van der Waals surface area (Å²) in [5, 5.41) is 1.06. The van der Waals surface area contributed by atoms with Gasteiger partial charge in [0, 0.05) is 11.9 Å². The van der Waals surface area contributed by atoms with E-state index >= 15 is 0 Å². The van der Waals surface area contributed by atoms with Crippen molar-refractivity contribution < 1.29 is 4.74 Å². The number of ether oxygens (including phenoxy) is 1. The molecule has 0 aromatic heterocycles. The smallest absolute Gasteiger partial charge is 0.119 e. The quantitative estimate of drug-likeness (QED) is 0.539. The number of unbranched alkanes of at least 4 members (excludes halogenated alkanes) is 1. The molecule has 1 aromatic rings. The average molecular weight is 300 g/mol. The summed E-state index contributed by atoms with van der Waals surface area (Å²) >= 11 is 3.41. The Morgan fingerprint density at radius 2 is 1.82 bits per heavy atom. The highest BCUT2D eigenvalue weighted by Gasteiger charge is 1.97. The Hall–Kier alpha value is -0.540. The molecule has 0 spiro atoms. The lowest BCUT2D eigenvalue weighted by atomic mass is 10.1. The van der Waals surface area contributed by atoms with Crippen LogP contribution in [0.25, 0.3) is 0 Å². The molecule has 0 aliphatic carbocycles. The zero-order chi connectivity index (χ0) is 12.5.